The average molecular weight is 228 g/mol. The topological polar surface area (TPSA) is 78.2 Å². The summed E-state index contributed by atoms with van der Waals surface area (Å²) < 4.78 is 1.36. The minimum absolute atomic E-state index is 0.0741. The molecule has 0 radical (unpaired) electrons. The fourth-order valence-corrected chi connectivity index (χ4v) is 1.68. The number of hydrogen-bond donors (Lipinski definition) is 3. The molecule has 1 aromatic heterocycles. The van der Waals surface area contributed by atoms with Gasteiger partial charge < -0.3 is 10.2 Å². The van der Waals surface area contributed by atoms with Crippen LogP contribution in [0.25, 0.3) is 0 Å². The van der Waals surface area contributed by atoms with E-state index in [9.17, 15) is 9.90 Å². The molecule has 1 heterocycles. The zero-order chi connectivity index (χ0) is 12.3. The normalized spacial score (nSPS) is 14.0. The molecule has 92 valence electrons. The van der Waals surface area contributed by atoms with Crippen molar-refractivity contribution < 1.29 is 10.2 Å². The summed E-state index contributed by atoms with van der Waals surface area (Å²) in [5, 5.41) is 18.8. The predicted octanol–water partition coefficient (Wildman–Crippen LogP) is 1.07. The smallest absolute Gasteiger partial charge is 0.328 e. The number of aliphatic hydroxyl groups is 1. The summed E-state index contributed by atoms with van der Waals surface area (Å²) in [5.74, 6) is -0.143. The number of aromatic nitrogens is 2. The molecule has 0 saturated heterocycles. The number of imidazole rings is 1. The quantitative estimate of drug-likeness (QED) is 0.721. The second kappa shape index (κ2) is 4.74. The van der Waals surface area contributed by atoms with E-state index in [1.807, 2.05) is 0 Å². The first-order valence-electron chi connectivity index (χ1n) is 5.44. The van der Waals surface area contributed by atoms with E-state index in [4.69, 9.17) is 5.11 Å². The maximum atomic E-state index is 11.2. The van der Waals surface area contributed by atoms with Crippen LogP contribution >= 0.6 is 0 Å². The van der Waals surface area contributed by atoms with E-state index in [-0.39, 0.29) is 17.0 Å². The van der Waals surface area contributed by atoms with E-state index in [1.165, 1.54) is 10.8 Å². The molecule has 0 aliphatic heterocycles. The largest absolute Gasteiger partial charge is 0.493 e. The maximum Gasteiger partial charge on any atom is 0.328 e. The summed E-state index contributed by atoms with van der Waals surface area (Å²) in [6.07, 6.45) is 2.11. The highest BCUT2D eigenvalue weighted by Crippen LogP contribution is 2.22. The Morgan fingerprint density at radius 3 is 2.56 bits per heavy atom. The first-order valence-corrected chi connectivity index (χ1v) is 5.44. The van der Waals surface area contributed by atoms with Gasteiger partial charge in [-0.3, -0.25) is 9.55 Å². The molecule has 0 saturated carbocycles. The lowest BCUT2D eigenvalue weighted by Gasteiger charge is -2.22. The molecule has 1 unspecified atom stereocenters. The molecule has 0 amide bonds. The highest BCUT2D eigenvalue weighted by atomic mass is 16.3. The van der Waals surface area contributed by atoms with Gasteiger partial charge in [0.25, 0.3) is 0 Å². The Morgan fingerprint density at radius 2 is 2.12 bits per heavy atom. The Morgan fingerprint density at radius 1 is 1.50 bits per heavy atom. The van der Waals surface area contributed by atoms with E-state index < -0.39 is 6.10 Å². The fourth-order valence-electron chi connectivity index (χ4n) is 1.68. The summed E-state index contributed by atoms with van der Waals surface area (Å²) in [6.45, 7) is 6.59. The van der Waals surface area contributed by atoms with Crippen LogP contribution in [0, 0.1) is 5.41 Å². The van der Waals surface area contributed by atoms with Crippen LogP contribution in [0.15, 0.2) is 11.0 Å². The van der Waals surface area contributed by atoms with Gasteiger partial charge in [-0.15, -0.1) is 0 Å². The van der Waals surface area contributed by atoms with Crippen molar-refractivity contribution in [1.29, 1.82) is 0 Å². The maximum absolute atomic E-state index is 11.2. The number of nitrogens with one attached hydrogen (secondary N) is 1. The minimum Gasteiger partial charge on any atom is -0.493 e. The molecule has 5 nitrogen and oxygen atoms in total. The summed E-state index contributed by atoms with van der Waals surface area (Å²) in [6, 6.07) is 0. The average Bonchev–Trinajstić information content (AvgIpc) is 2.38. The SMILES string of the molecule is CC(C)(C)CC(O)CCn1cc(O)[nH]c1=O. The van der Waals surface area contributed by atoms with Crippen LogP contribution in [0.2, 0.25) is 0 Å². The first-order chi connectivity index (χ1) is 7.28. The van der Waals surface area contributed by atoms with Gasteiger partial charge in [0, 0.05) is 6.54 Å². The first kappa shape index (κ1) is 12.8. The van der Waals surface area contributed by atoms with Crippen molar-refractivity contribution in [3.05, 3.63) is 16.7 Å². The highest BCUT2D eigenvalue weighted by molar-refractivity contribution is 5.00. The Balaban J connectivity index is 2.46. The zero-order valence-electron chi connectivity index (χ0n) is 10.0. The molecule has 0 fully saturated rings. The molecule has 0 aliphatic carbocycles. The fraction of sp³-hybridized carbons (Fsp3) is 0.727. The molecule has 0 aromatic carbocycles. The van der Waals surface area contributed by atoms with Crippen molar-refractivity contribution in [2.45, 2.75) is 46.3 Å². The lowest BCUT2D eigenvalue weighted by atomic mass is 9.88. The number of rotatable bonds is 4. The van der Waals surface area contributed by atoms with Gasteiger partial charge in [0.1, 0.15) is 0 Å². The number of aromatic amines is 1. The number of nitrogens with zero attached hydrogens (tertiary/aromatic N) is 1. The molecule has 16 heavy (non-hydrogen) atoms. The van der Waals surface area contributed by atoms with Gasteiger partial charge in [-0.25, -0.2) is 4.79 Å². The molecular formula is C11H20N2O3. The van der Waals surface area contributed by atoms with Crippen LogP contribution in [0.3, 0.4) is 0 Å². The molecule has 5 heteroatoms. The summed E-state index contributed by atoms with van der Waals surface area (Å²) in [4.78, 5) is 13.5. The van der Waals surface area contributed by atoms with Crippen molar-refractivity contribution in [2.75, 3.05) is 0 Å². The van der Waals surface area contributed by atoms with Crippen LogP contribution < -0.4 is 5.69 Å². The van der Waals surface area contributed by atoms with Gasteiger partial charge in [0.05, 0.1) is 12.3 Å². The molecule has 0 aliphatic rings. The van der Waals surface area contributed by atoms with Crippen LogP contribution in [-0.2, 0) is 6.54 Å². The lowest BCUT2D eigenvalue weighted by Crippen LogP contribution is -2.22. The number of H-pyrrole nitrogens is 1. The Hall–Kier alpha value is -1.23. The standard InChI is InChI=1S/C11H20N2O3/c1-11(2,3)6-8(14)4-5-13-7-9(15)12-10(13)16/h7-8,14-15H,4-6H2,1-3H3,(H,12,16). The Labute approximate surface area is 94.7 Å². The number of aliphatic hydroxyl groups excluding tert-OH is 1. The third-order valence-electron chi connectivity index (χ3n) is 2.33. The van der Waals surface area contributed by atoms with Crippen molar-refractivity contribution >= 4 is 0 Å². The summed E-state index contributed by atoms with van der Waals surface area (Å²) in [7, 11) is 0. The second-order valence-corrected chi connectivity index (χ2v) is 5.35. The van der Waals surface area contributed by atoms with Gasteiger partial charge >= 0.3 is 5.69 Å². The van der Waals surface area contributed by atoms with Crippen molar-refractivity contribution in [1.82, 2.24) is 9.55 Å². The van der Waals surface area contributed by atoms with Gasteiger partial charge in [0.2, 0.25) is 5.88 Å². The zero-order valence-corrected chi connectivity index (χ0v) is 10.0. The van der Waals surface area contributed by atoms with E-state index in [0.29, 0.717) is 19.4 Å². The molecule has 0 spiro atoms. The van der Waals surface area contributed by atoms with Gasteiger partial charge in [-0.05, 0) is 18.3 Å². The summed E-state index contributed by atoms with van der Waals surface area (Å²) >= 11 is 0. The van der Waals surface area contributed by atoms with Gasteiger partial charge in [-0.1, -0.05) is 20.8 Å². The third-order valence-corrected chi connectivity index (χ3v) is 2.33. The van der Waals surface area contributed by atoms with E-state index >= 15 is 0 Å². The number of aryl methyl sites for hydroxylation is 1. The minimum atomic E-state index is -0.427. The van der Waals surface area contributed by atoms with Crippen LogP contribution in [-0.4, -0.2) is 25.9 Å². The third kappa shape index (κ3) is 4.10. The summed E-state index contributed by atoms with van der Waals surface area (Å²) in [5.41, 5.74) is -0.273. The number of aromatic hydroxyl groups is 1. The molecule has 3 N–H and O–H groups in total. The molecular weight excluding hydrogens is 208 g/mol. The van der Waals surface area contributed by atoms with Crippen molar-refractivity contribution in [3.63, 3.8) is 0 Å². The van der Waals surface area contributed by atoms with Gasteiger partial charge in [-0.2, -0.15) is 0 Å². The van der Waals surface area contributed by atoms with Crippen LogP contribution in [0.4, 0.5) is 0 Å². The Bertz CT molecular complexity index is 387. The van der Waals surface area contributed by atoms with E-state index in [0.717, 1.165) is 0 Å². The second-order valence-electron chi connectivity index (χ2n) is 5.35. The lowest BCUT2D eigenvalue weighted by molar-refractivity contribution is 0.108. The number of hydrogen-bond acceptors (Lipinski definition) is 3. The molecule has 1 aromatic rings. The molecule has 0 bridgehead atoms. The Kier molecular flexibility index (Phi) is 3.80. The van der Waals surface area contributed by atoms with Gasteiger partial charge in [0.15, 0.2) is 0 Å². The van der Waals surface area contributed by atoms with Crippen molar-refractivity contribution in [2.24, 2.45) is 5.41 Å². The van der Waals surface area contributed by atoms with E-state index in [2.05, 4.69) is 25.8 Å². The highest BCUT2D eigenvalue weighted by Gasteiger charge is 2.16. The van der Waals surface area contributed by atoms with Crippen LogP contribution in [0.5, 0.6) is 5.88 Å². The predicted molar refractivity (Wildman–Crippen MR) is 61.4 cm³/mol. The van der Waals surface area contributed by atoms with Crippen molar-refractivity contribution in [3.8, 4) is 5.88 Å². The van der Waals surface area contributed by atoms with E-state index in [1.54, 1.807) is 0 Å². The monoisotopic (exact) mass is 228 g/mol. The van der Waals surface area contributed by atoms with Crippen LogP contribution in [0.1, 0.15) is 33.6 Å². The molecule has 1 atom stereocenters. The molecule has 1 rings (SSSR count).